The van der Waals surface area contributed by atoms with Crippen molar-refractivity contribution in [3.05, 3.63) is 0 Å². The summed E-state index contributed by atoms with van der Waals surface area (Å²) in [6.07, 6.45) is 1.08. The van der Waals surface area contributed by atoms with Crippen LogP contribution in [0.25, 0.3) is 0 Å². The van der Waals surface area contributed by atoms with Gasteiger partial charge in [0.2, 0.25) is 0 Å². The number of rotatable bonds is 6. The highest BCUT2D eigenvalue weighted by atomic mass is 32.2. The summed E-state index contributed by atoms with van der Waals surface area (Å²) in [7, 11) is -3.20. The number of nitrogens with one attached hydrogen (secondary N) is 1. The minimum Gasteiger partial charge on any atom is -0.480 e. The number of carboxylic acids is 1. The topological polar surface area (TPSA) is 104 Å². The molecule has 0 aliphatic carbocycles. The fourth-order valence-corrected chi connectivity index (χ4v) is 2.68. The fourth-order valence-electron chi connectivity index (χ4n) is 1.69. The zero-order chi connectivity index (χ0) is 15.4. The largest absolute Gasteiger partial charge is 0.480 e. The van der Waals surface area contributed by atoms with Crippen molar-refractivity contribution in [3.63, 3.8) is 0 Å². The van der Waals surface area contributed by atoms with E-state index in [4.69, 9.17) is 5.11 Å². The highest BCUT2D eigenvalue weighted by molar-refractivity contribution is 7.90. The first kappa shape index (κ1) is 17.7. The Labute approximate surface area is 113 Å². The van der Waals surface area contributed by atoms with E-state index in [0.717, 1.165) is 11.2 Å². The molecular formula is C11H22N2O5S. The zero-order valence-corrected chi connectivity index (χ0v) is 12.7. The van der Waals surface area contributed by atoms with Gasteiger partial charge in [0.25, 0.3) is 0 Å². The molecule has 0 aromatic heterocycles. The summed E-state index contributed by atoms with van der Waals surface area (Å²) in [5, 5.41) is 11.6. The maximum Gasteiger partial charge on any atom is 0.329 e. The molecule has 0 aromatic carbocycles. The molecule has 0 aromatic rings. The number of hydrogen-bond donors (Lipinski definition) is 2. The van der Waals surface area contributed by atoms with Crippen molar-refractivity contribution < 1.29 is 23.1 Å². The number of urea groups is 1. The number of amides is 2. The minimum absolute atomic E-state index is 0.191. The van der Waals surface area contributed by atoms with Gasteiger partial charge in [-0.05, 0) is 27.7 Å². The molecule has 2 N–H and O–H groups in total. The molecule has 0 saturated heterocycles. The summed E-state index contributed by atoms with van der Waals surface area (Å²) >= 11 is 0. The molecule has 0 radical (unpaired) electrons. The quantitative estimate of drug-likeness (QED) is 0.734. The smallest absolute Gasteiger partial charge is 0.329 e. The van der Waals surface area contributed by atoms with Crippen molar-refractivity contribution in [2.45, 2.75) is 39.3 Å². The number of carbonyl (C=O) groups is 2. The van der Waals surface area contributed by atoms with Gasteiger partial charge in [0, 0.05) is 18.8 Å². The molecule has 2 amide bonds. The molecular weight excluding hydrogens is 272 g/mol. The van der Waals surface area contributed by atoms with Gasteiger partial charge in [-0.25, -0.2) is 18.0 Å². The third-order valence-electron chi connectivity index (χ3n) is 2.68. The Bertz CT molecular complexity index is 444. The van der Waals surface area contributed by atoms with Crippen LogP contribution in [0.15, 0.2) is 0 Å². The molecule has 0 saturated carbocycles. The average molecular weight is 294 g/mol. The van der Waals surface area contributed by atoms with E-state index in [2.05, 4.69) is 5.32 Å². The Morgan fingerprint density at radius 2 is 1.84 bits per heavy atom. The maximum atomic E-state index is 12.0. The van der Waals surface area contributed by atoms with Crippen LogP contribution >= 0.6 is 0 Å². The second-order valence-electron chi connectivity index (χ2n) is 5.05. The van der Waals surface area contributed by atoms with Gasteiger partial charge in [0.1, 0.15) is 15.4 Å². The summed E-state index contributed by atoms with van der Waals surface area (Å²) in [6, 6.07) is -1.17. The van der Waals surface area contributed by atoms with Crippen LogP contribution in [0.5, 0.6) is 0 Å². The lowest BCUT2D eigenvalue weighted by atomic mass is 10.0. The van der Waals surface area contributed by atoms with Gasteiger partial charge in [0.05, 0.1) is 5.75 Å². The number of sulfone groups is 1. The lowest BCUT2D eigenvalue weighted by Gasteiger charge is -2.34. The zero-order valence-electron chi connectivity index (χ0n) is 11.9. The number of likely N-dealkylation sites (N-methyl/N-ethyl adjacent to an activating group) is 1. The number of carbonyl (C=O) groups excluding carboxylic acids is 1. The van der Waals surface area contributed by atoms with Crippen LogP contribution < -0.4 is 5.32 Å². The molecule has 0 rings (SSSR count). The number of aliphatic carboxylic acids is 1. The minimum atomic E-state index is -3.20. The third kappa shape index (κ3) is 5.46. The monoisotopic (exact) mass is 294 g/mol. The lowest BCUT2D eigenvalue weighted by molar-refractivity contribution is -0.147. The second kappa shape index (κ2) is 6.23. The SMILES string of the molecule is CCN(C(=O)NC(C)CS(C)(=O)=O)C(C)(C)C(=O)O. The van der Waals surface area contributed by atoms with Crippen molar-refractivity contribution >= 4 is 21.8 Å². The molecule has 112 valence electrons. The molecule has 0 bridgehead atoms. The van der Waals surface area contributed by atoms with Crippen LogP contribution in [0.4, 0.5) is 4.79 Å². The molecule has 8 heteroatoms. The van der Waals surface area contributed by atoms with E-state index < -0.39 is 33.4 Å². The molecule has 0 heterocycles. The van der Waals surface area contributed by atoms with Crippen LogP contribution in [-0.4, -0.2) is 60.6 Å². The van der Waals surface area contributed by atoms with Crippen LogP contribution in [0.2, 0.25) is 0 Å². The average Bonchev–Trinajstić information content (AvgIpc) is 2.13. The van der Waals surface area contributed by atoms with Crippen LogP contribution in [0.3, 0.4) is 0 Å². The van der Waals surface area contributed by atoms with E-state index in [0.29, 0.717) is 0 Å². The highest BCUT2D eigenvalue weighted by Crippen LogP contribution is 2.14. The Kier molecular flexibility index (Phi) is 5.80. The van der Waals surface area contributed by atoms with Crippen LogP contribution in [0, 0.1) is 0 Å². The molecule has 1 atom stereocenters. The van der Waals surface area contributed by atoms with Gasteiger partial charge in [-0.15, -0.1) is 0 Å². The van der Waals surface area contributed by atoms with Crippen molar-refractivity contribution in [1.29, 1.82) is 0 Å². The Morgan fingerprint density at radius 1 is 1.37 bits per heavy atom. The number of carboxylic acid groups (broad SMARTS) is 1. The van der Waals surface area contributed by atoms with E-state index in [-0.39, 0.29) is 12.3 Å². The van der Waals surface area contributed by atoms with Crippen molar-refractivity contribution in [1.82, 2.24) is 10.2 Å². The van der Waals surface area contributed by atoms with Gasteiger partial charge in [-0.2, -0.15) is 0 Å². The molecule has 1 unspecified atom stereocenters. The first-order chi connectivity index (χ1) is 8.41. The van der Waals surface area contributed by atoms with Crippen molar-refractivity contribution in [3.8, 4) is 0 Å². The third-order valence-corrected chi connectivity index (χ3v) is 3.79. The van der Waals surface area contributed by atoms with E-state index in [1.807, 2.05) is 0 Å². The summed E-state index contributed by atoms with van der Waals surface area (Å²) in [4.78, 5) is 24.2. The molecule has 0 aliphatic heterocycles. The maximum absolute atomic E-state index is 12.0. The van der Waals surface area contributed by atoms with Gasteiger partial charge < -0.3 is 15.3 Å². The van der Waals surface area contributed by atoms with Gasteiger partial charge in [-0.3, -0.25) is 0 Å². The predicted octanol–water partition coefficient (Wildman–Crippen LogP) is 0.314. The fraction of sp³-hybridized carbons (Fsp3) is 0.818. The Balaban J connectivity index is 4.85. The number of hydrogen-bond acceptors (Lipinski definition) is 4. The van der Waals surface area contributed by atoms with E-state index in [1.165, 1.54) is 13.8 Å². The summed E-state index contributed by atoms with van der Waals surface area (Å²) in [6.45, 7) is 6.25. The number of nitrogens with zero attached hydrogens (tertiary/aromatic N) is 1. The molecule has 0 aliphatic rings. The second-order valence-corrected chi connectivity index (χ2v) is 7.24. The van der Waals surface area contributed by atoms with Crippen molar-refractivity contribution in [2.24, 2.45) is 0 Å². The van der Waals surface area contributed by atoms with E-state index in [9.17, 15) is 18.0 Å². The molecule has 0 fully saturated rings. The van der Waals surface area contributed by atoms with Gasteiger partial charge in [0.15, 0.2) is 0 Å². The molecule has 0 spiro atoms. The first-order valence-corrected chi connectivity index (χ1v) is 7.97. The van der Waals surface area contributed by atoms with Crippen molar-refractivity contribution in [2.75, 3.05) is 18.6 Å². The highest BCUT2D eigenvalue weighted by Gasteiger charge is 2.37. The van der Waals surface area contributed by atoms with Crippen LogP contribution in [-0.2, 0) is 14.6 Å². The predicted molar refractivity (Wildman–Crippen MR) is 71.8 cm³/mol. The first-order valence-electron chi connectivity index (χ1n) is 5.91. The summed E-state index contributed by atoms with van der Waals surface area (Å²) in [5.41, 5.74) is -1.36. The Morgan fingerprint density at radius 3 is 2.16 bits per heavy atom. The molecule has 19 heavy (non-hydrogen) atoms. The summed E-state index contributed by atoms with van der Waals surface area (Å²) < 4.78 is 22.2. The normalized spacial score (nSPS) is 13.7. The van der Waals surface area contributed by atoms with E-state index >= 15 is 0 Å². The standard InChI is InChI=1S/C11H22N2O5S/c1-6-13(11(3,4)9(14)15)10(16)12-8(2)7-19(5,17)18/h8H,6-7H2,1-5H3,(H,12,16)(H,14,15). The van der Waals surface area contributed by atoms with Gasteiger partial charge in [-0.1, -0.05) is 0 Å². The van der Waals surface area contributed by atoms with Gasteiger partial charge >= 0.3 is 12.0 Å². The lowest BCUT2D eigenvalue weighted by Crippen LogP contribution is -2.57. The Hall–Kier alpha value is -1.31. The molecule has 7 nitrogen and oxygen atoms in total. The summed E-state index contributed by atoms with van der Waals surface area (Å²) in [5.74, 6) is -1.32. The van der Waals surface area contributed by atoms with Crippen LogP contribution in [0.1, 0.15) is 27.7 Å². The van der Waals surface area contributed by atoms with E-state index in [1.54, 1.807) is 13.8 Å².